The number of ether oxygens (including phenoxy) is 1. The zero-order chi connectivity index (χ0) is 14.3. The number of anilines is 1. The maximum Gasteiger partial charge on any atom is 0.289 e. The molecule has 2 unspecified atom stereocenters. The number of aromatic nitrogens is 1. The Morgan fingerprint density at radius 3 is 3.00 bits per heavy atom. The highest BCUT2D eigenvalue weighted by atomic mass is 35.5. The van der Waals surface area contributed by atoms with Crippen molar-refractivity contribution in [1.82, 2.24) is 9.88 Å². The van der Waals surface area contributed by atoms with E-state index in [0.29, 0.717) is 23.4 Å². The molecule has 2 fully saturated rings. The molecule has 0 bridgehead atoms. The molecule has 3 heterocycles. The molecule has 0 spiro atoms. The first-order chi connectivity index (χ1) is 9.56. The summed E-state index contributed by atoms with van der Waals surface area (Å²) in [7, 11) is 2.08. The van der Waals surface area contributed by atoms with Crippen LogP contribution in [0.2, 0.25) is 5.02 Å². The lowest BCUT2D eigenvalue weighted by atomic mass is 10.1. The first kappa shape index (κ1) is 13.5. The molecule has 1 aromatic heterocycles. The van der Waals surface area contributed by atoms with Crippen LogP contribution in [0.1, 0.15) is 0 Å². The monoisotopic (exact) mass is 298 g/mol. The third kappa shape index (κ3) is 2.32. The minimum Gasteiger partial charge on any atom is -0.373 e. The van der Waals surface area contributed by atoms with Crippen molar-refractivity contribution in [2.45, 2.75) is 12.1 Å². The Balaban J connectivity index is 1.82. The fourth-order valence-corrected chi connectivity index (χ4v) is 3.06. The molecule has 0 aliphatic carbocycles. The Hall–Kier alpha value is -1.44. The van der Waals surface area contributed by atoms with Crippen molar-refractivity contribution >= 4 is 23.1 Å². The van der Waals surface area contributed by atoms with E-state index in [1.54, 1.807) is 0 Å². The van der Waals surface area contributed by atoms with E-state index in [1.807, 2.05) is 4.90 Å². The molecule has 1 aromatic rings. The van der Waals surface area contributed by atoms with Gasteiger partial charge in [0.25, 0.3) is 5.69 Å². The Kier molecular flexibility index (Phi) is 3.49. The summed E-state index contributed by atoms with van der Waals surface area (Å²) >= 11 is 6.12. The maximum atomic E-state index is 10.7. The zero-order valence-corrected chi connectivity index (χ0v) is 11.8. The highest BCUT2D eigenvalue weighted by Gasteiger charge is 2.39. The van der Waals surface area contributed by atoms with Gasteiger partial charge in [-0.05, 0) is 7.05 Å². The zero-order valence-electron chi connectivity index (χ0n) is 11.0. The van der Waals surface area contributed by atoms with Crippen molar-refractivity contribution in [1.29, 1.82) is 0 Å². The van der Waals surface area contributed by atoms with Gasteiger partial charge >= 0.3 is 0 Å². The van der Waals surface area contributed by atoms with Crippen molar-refractivity contribution in [2.75, 3.05) is 38.2 Å². The van der Waals surface area contributed by atoms with Crippen LogP contribution in [0.5, 0.6) is 0 Å². The van der Waals surface area contributed by atoms with Gasteiger partial charge in [-0.3, -0.25) is 15.0 Å². The van der Waals surface area contributed by atoms with Crippen LogP contribution in [0.25, 0.3) is 0 Å². The van der Waals surface area contributed by atoms with E-state index in [9.17, 15) is 10.1 Å². The second-order valence-electron chi connectivity index (χ2n) is 5.12. The molecular formula is C12H15ClN4O3. The number of nitro groups is 1. The third-order valence-electron chi connectivity index (χ3n) is 3.90. The van der Waals surface area contributed by atoms with Gasteiger partial charge in [-0.25, -0.2) is 4.98 Å². The number of nitrogens with zero attached hydrogens (tertiary/aromatic N) is 4. The largest absolute Gasteiger partial charge is 0.373 e. The molecule has 20 heavy (non-hydrogen) atoms. The van der Waals surface area contributed by atoms with Gasteiger partial charge in [-0.15, -0.1) is 0 Å². The van der Waals surface area contributed by atoms with E-state index in [-0.39, 0.29) is 11.8 Å². The molecule has 8 heteroatoms. The Labute approximate surface area is 121 Å². The maximum absolute atomic E-state index is 10.7. The molecule has 0 aromatic carbocycles. The Morgan fingerprint density at radius 2 is 2.35 bits per heavy atom. The fourth-order valence-electron chi connectivity index (χ4n) is 2.78. The smallest absolute Gasteiger partial charge is 0.289 e. The van der Waals surface area contributed by atoms with Gasteiger partial charge in [0.15, 0.2) is 0 Å². The summed E-state index contributed by atoms with van der Waals surface area (Å²) in [6, 6.07) is 1.66. The van der Waals surface area contributed by atoms with E-state index in [0.717, 1.165) is 19.7 Å². The molecule has 2 aliphatic heterocycles. The van der Waals surface area contributed by atoms with Crippen LogP contribution in [0.3, 0.4) is 0 Å². The number of morpholine rings is 1. The standard InChI is InChI=1S/C12H15ClN4O3/c1-15-2-3-20-11-7-16(6-10(11)15)12-9(13)4-8(5-14-12)17(18)19/h4-5,10-11H,2-3,6-7H2,1H3. The van der Waals surface area contributed by atoms with Gasteiger partial charge in [-0.1, -0.05) is 11.6 Å². The van der Waals surface area contributed by atoms with Crippen molar-refractivity contribution in [2.24, 2.45) is 0 Å². The predicted octanol–water partition coefficient (Wildman–Crippen LogP) is 1.16. The molecule has 0 N–H and O–H groups in total. The number of fused-ring (bicyclic) bond motifs is 1. The number of halogens is 1. The number of hydrogen-bond donors (Lipinski definition) is 0. The van der Waals surface area contributed by atoms with Crippen LogP contribution in [0.4, 0.5) is 11.5 Å². The highest BCUT2D eigenvalue weighted by molar-refractivity contribution is 6.33. The van der Waals surface area contributed by atoms with E-state index < -0.39 is 4.92 Å². The fraction of sp³-hybridized carbons (Fsp3) is 0.583. The lowest BCUT2D eigenvalue weighted by Gasteiger charge is -2.33. The van der Waals surface area contributed by atoms with Crippen molar-refractivity contribution in [3.8, 4) is 0 Å². The first-order valence-corrected chi connectivity index (χ1v) is 6.81. The van der Waals surface area contributed by atoms with Crippen molar-refractivity contribution < 1.29 is 9.66 Å². The minimum absolute atomic E-state index is 0.0938. The van der Waals surface area contributed by atoms with Crippen LogP contribution < -0.4 is 4.90 Å². The van der Waals surface area contributed by atoms with E-state index >= 15 is 0 Å². The minimum atomic E-state index is -0.497. The normalized spacial score (nSPS) is 26.6. The summed E-state index contributed by atoms with van der Waals surface area (Å²) in [5.41, 5.74) is -0.0938. The van der Waals surface area contributed by atoms with Crippen molar-refractivity contribution in [3.05, 3.63) is 27.4 Å². The van der Waals surface area contributed by atoms with Gasteiger partial charge in [-0.2, -0.15) is 0 Å². The molecule has 0 amide bonds. The number of pyridine rings is 1. The summed E-state index contributed by atoms with van der Waals surface area (Å²) in [6.45, 7) is 3.12. The number of hydrogen-bond acceptors (Lipinski definition) is 6. The van der Waals surface area contributed by atoms with Gasteiger partial charge in [0.1, 0.15) is 12.0 Å². The summed E-state index contributed by atoms with van der Waals surface area (Å²) in [4.78, 5) is 18.6. The third-order valence-corrected chi connectivity index (χ3v) is 4.17. The van der Waals surface area contributed by atoms with Crippen molar-refractivity contribution in [3.63, 3.8) is 0 Å². The van der Waals surface area contributed by atoms with Crippen LogP contribution >= 0.6 is 11.6 Å². The average molecular weight is 299 g/mol. The second kappa shape index (κ2) is 5.16. The predicted molar refractivity (Wildman–Crippen MR) is 74.3 cm³/mol. The number of likely N-dealkylation sites (N-methyl/N-ethyl adjacent to an activating group) is 1. The quantitative estimate of drug-likeness (QED) is 0.603. The van der Waals surface area contributed by atoms with Crippen LogP contribution in [0, 0.1) is 10.1 Å². The van der Waals surface area contributed by atoms with E-state index in [2.05, 4.69) is 16.9 Å². The first-order valence-electron chi connectivity index (χ1n) is 6.43. The summed E-state index contributed by atoms with van der Waals surface area (Å²) in [6.07, 6.45) is 1.38. The molecule has 2 aliphatic rings. The van der Waals surface area contributed by atoms with E-state index in [4.69, 9.17) is 16.3 Å². The molecule has 108 valence electrons. The molecule has 3 rings (SSSR count). The summed E-state index contributed by atoms with van der Waals surface area (Å²) in [5, 5.41) is 11.0. The second-order valence-corrected chi connectivity index (χ2v) is 5.53. The summed E-state index contributed by atoms with van der Waals surface area (Å²) < 4.78 is 5.76. The molecule has 2 saturated heterocycles. The molecular weight excluding hydrogens is 284 g/mol. The van der Waals surface area contributed by atoms with Gasteiger partial charge in [0.2, 0.25) is 0 Å². The summed E-state index contributed by atoms with van der Waals surface area (Å²) in [5.74, 6) is 0.587. The lowest BCUT2D eigenvalue weighted by molar-refractivity contribution is -0.385. The molecule has 7 nitrogen and oxygen atoms in total. The van der Waals surface area contributed by atoms with Gasteiger partial charge in [0, 0.05) is 25.7 Å². The van der Waals surface area contributed by atoms with Crippen LogP contribution in [0.15, 0.2) is 12.3 Å². The van der Waals surface area contributed by atoms with Gasteiger partial charge < -0.3 is 9.64 Å². The SMILES string of the molecule is CN1CCOC2CN(c3ncc([N+](=O)[O-])cc3Cl)CC21. The Bertz CT molecular complexity index is 541. The van der Waals surface area contributed by atoms with Gasteiger partial charge in [0.05, 0.1) is 28.7 Å². The molecule has 2 atom stereocenters. The number of rotatable bonds is 2. The highest BCUT2D eigenvalue weighted by Crippen LogP contribution is 2.31. The van der Waals surface area contributed by atoms with Crippen LogP contribution in [-0.2, 0) is 4.74 Å². The molecule has 0 radical (unpaired) electrons. The van der Waals surface area contributed by atoms with E-state index in [1.165, 1.54) is 12.3 Å². The average Bonchev–Trinajstić information content (AvgIpc) is 2.83. The lowest BCUT2D eigenvalue weighted by Crippen LogP contribution is -2.48. The van der Waals surface area contributed by atoms with Crippen LogP contribution in [-0.4, -0.2) is 60.2 Å². The molecule has 0 saturated carbocycles. The Morgan fingerprint density at radius 1 is 1.55 bits per heavy atom. The topological polar surface area (TPSA) is 71.7 Å².